The van der Waals surface area contributed by atoms with Crippen LogP contribution in [-0.2, 0) is 4.79 Å². The first-order chi connectivity index (χ1) is 14.3. The largest absolute Gasteiger partial charge is 0.487 e. The Hall–Kier alpha value is -3.21. The molecule has 6 nitrogen and oxygen atoms in total. The minimum atomic E-state index is -2.75. The van der Waals surface area contributed by atoms with E-state index in [1.54, 1.807) is 30.7 Å². The van der Waals surface area contributed by atoms with Gasteiger partial charge in [0.15, 0.2) is 0 Å². The lowest BCUT2D eigenvalue weighted by atomic mass is 9.91. The number of hydrogen-bond donors (Lipinski definition) is 0. The highest BCUT2D eigenvalue weighted by Gasteiger charge is 2.49. The van der Waals surface area contributed by atoms with Gasteiger partial charge in [0.25, 0.3) is 6.43 Å². The van der Waals surface area contributed by atoms with Crippen molar-refractivity contribution in [3.05, 3.63) is 47.4 Å². The van der Waals surface area contributed by atoms with E-state index in [4.69, 9.17) is 9.47 Å². The summed E-state index contributed by atoms with van der Waals surface area (Å²) >= 11 is 0. The molecule has 8 heteroatoms. The average Bonchev–Trinajstić information content (AvgIpc) is 3.09. The van der Waals surface area contributed by atoms with Gasteiger partial charge in [0, 0.05) is 42.2 Å². The van der Waals surface area contributed by atoms with Gasteiger partial charge in [-0.2, -0.15) is 0 Å². The Labute approximate surface area is 173 Å². The van der Waals surface area contributed by atoms with Gasteiger partial charge in [-0.1, -0.05) is 11.8 Å². The van der Waals surface area contributed by atoms with Crippen LogP contribution in [0.1, 0.15) is 43.0 Å². The van der Waals surface area contributed by atoms with E-state index in [0.717, 1.165) is 0 Å². The van der Waals surface area contributed by atoms with Crippen molar-refractivity contribution < 1.29 is 23.0 Å². The molecule has 2 aromatic heterocycles. The van der Waals surface area contributed by atoms with Gasteiger partial charge in [0.2, 0.25) is 11.8 Å². The standard InChI is InChI=1S/C22H21F2N3O3/c1-22(2,20(23)24)21(28)27-12-15-8-17(27)16-11-25-10-14(19(16)30-15)6-4-13-5-7-18(29-3)26-9-13/h5,7,9-11,15,17,20H,8,12H2,1-3H3/t15-,17-/m0/s1. The van der Waals surface area contributed by atoms with Crippen molar-refractivity contribution in [1.82, 2.24) is 14.9 Å². The Morgan fingerprint density at radius 1 is 1.30 bits per heavy atom. The monoisotopic (exact) mass is 413 g/mol. The molecular formula is C22H21F2N3O3. The Balaban J connectivity index is 1.64. The maximum atomic E-state index is 13.4. The molecule has 0 radical (unpaired) electrons. The first-order valence-corrected chi connectivity index (χ1v) is 9.57. The zero-order chi connectivity index (χ0) is 21.5. The lowest BCUT2D eigenvalue weighted by Gasteiger charge is -2.32. The summed E-state index contributed by atoms with van der Waals surface area (Å²) in [5, 5.41) is 0. The lowest BCUT2D eigenvalue weighted by molar-refractivity contribution is -0.149. The van der Waals surface area contributed by atoms with Gasteiger partial charge in [-0.05, 0) is 19.9 Å². The molecule has 2 aliphatic heterocycles. The highest BCUT2D eigenvalue weighted by molar-refractivity contribution is 5.83. The summed E-state index contributed by atoms with van der Waals surface area (Å²) in [5.41, 5.74) is 0.217. The molecule has 1 saturated heterocycles. The van der Waals surface area contributed by atoms with Crippen molar-refractivity contribution in [2.24, 2.45) is 5.41 Å². The van der Waals surface area contributed by atoms with Crippen molar-refractivity contribution in [2.75, 3.05) is 13.7 Å². The molecule has 4 heterocycles. The number of pyridine rings is 2. The van der Waals surface area contributed by atoms with E-state index in [-0.39, 0.29) is 18.7 Å². The lowest BCUT2D eigenvalue weighted by Crippen LogP contribution is -2.44. The summed E-state index contributed by atoms with van der Waals surface area (Å²) in [6.07, 6.45) is 2.37. The summed E-state index contributed by atoms with van der Waals surface area (Å²) in [4.78, 5) is 22.7. The number of methoxy groups -OCH3 is 1. The predicted molar refractivity (Wildman–Crippen MR) is 104 cm³/mol. The Morgan fingerprint density at radius 3 is 2.77 bits per heavy atom. The van der Waals surface area contributed by atoms with Crippen molar-refractivity contribution in [3.8, 4) is 23.5 Å². The second kappa shape index (κ2) is 7.56. The van der Waals surface area contributed by atoms with E-state index >= 15 is 0 Å². The van der Waals surface area contributed by atoms with Crippen LogP contribution in [0.2, 0.25) is 0 Å². The Bertz CT molecular complexity index is 1030. The molecule has 156 valence electrons. The topological polar surface area (TPSA) is 64.6 Å². The number of fused-ring (bicyclic) bond motifs is 4. The maximum absolute atomic E-state index is 13.4. The average molecular weight is 413 g/mol. The predicted octanol–water partition coefficient (Wildman–Crippen LogP) is 3.21. The van der Waals surface area contributed by atoms with Gasteiger partial charge in [-0.15, -0.1) is 0 Å². The second-order valence-electron chi connectivity index (χ2n) is 7.92. The maximum Gasteiger partial charge on any atom is 0.252 e. The molecule has 0 N–H and O–H groups in total. The molecule has 30 heavy (non-hydrogen) atoms. The molecule has 0 unspecified atom stereocenters. The van der Waals surface area contributed by atoms with Gasteiger partial charge in [-0.25, -0.2) is 13.8 Å². The van der Waals surface area contributed by atoms with Crippen molar-refractivity contribution in [2.45, 2.75) is 38.8 Å². The van der Waals surface area contributed by atoms with Crippen LogP contribution in [-0.4, -0.2) is 47.0 Å². The molecule has 0 spiro atoms. The SMILES string of the molecule is COc1ccc(C#Cc2cncc3c2O[C@H]2C[C@@H]3N(C(=O)C(C)(C)C(F)F)C2)cn1. The number of rotatable bonds is 3. The number of aromatic nitrogens is 2. The van der Waals surface area contributed by atoms with Crippen molar-refractivity contribution in [3.63, 3.8) is 0 Å². The minimum absolute atomic E-state index is 0.259. The fourth-order valence-electron chi connectivity index (χ4n) is 3.67. The number of amides is 1. The number of hydrogen-bond acceptors (Lipinski definition) is 5. The molecule has 1 amide bonds. The van der Waals surface area contributed by atoms with Crippen molar-refractivity contribution >= 4 is 5.91 Å². The highest BCUT2D eigenvalue weighted by atomic mass is 19.3. The first-order valence-electron chi connectivity index (χ1n) is 9.57. The summed E-state index contributed by atoms with van der Waals surface area (Å²) < 4.78 is 37.9. The van der Waals surface area contributed by atoms with Crippen LogP contribution in [0.25, 0.3) is 0 Å². The van der Waals surface area contributed by atoms with Crippen LogP contribution in [0.3, 0.4) is 0 Å². The number of ether oxygens (including phenoxy) is 2. The van der Waals surface area contributed by atoms with Gasteiger partial charge in [0.05, 0.1) is 25.3 Å². The fraction of sp³-hybridized carbons (Fsp3) is 0.409. The number of likely N-dealkylation sites (tertiary alicyclic amines) is 1. The summed E-state index contributed by atoms with van der Waals surface area (Å²) in [7, 11) is 1.54. The zero-order valence-corrected chi connectivity index (χ0v) is 16.9. The number of carbonyl (C=O) groups is 1. The zero-order valence-electron chi connectivity index (χ0n) is 16.9. The molecule has 1 fully saturated rings. The third-order valence-electron chi connectivity index (χ3n) is 5.47. The fourth-order valence-corrected chi connectivity index (χ4v) is 3.67. The van der Waals surface area contributed by atoms with E-state index < -0.39 is 17.7 Å². The number of halogens is 2. The molecule has 0 aliphatic carbocycles. The number of nitrogens with zero attached hydrogens (tertiary/aromatic N) is 3. The van der Waals surface area contributed by atoms with Crippen LogP contribution in [0.4, 0.5) is 8.78 Å². The highest BCUT2D eigenvalue weighted by Crippen LogP contribution is 2.46. The van der Waals surface area contributed by atoms with Crippen LogP contribution in [0, 0.1) is 17.3 Å². The summed E-state index contributed by atoms with van der Waals surface area (Å²) in [5.74, 6) is 6.54. The van der Waals surface area contributed by atoms with Crippen LogP contribution in [0.15, 0.2) is 30.7 Å². The molecule has 4 rings (SSSR count). The molecule has 2 bridgehead atoms. The van der Waals surface area contributed by atoms with Gasteiger partial charge in [0.1, 0.15) is 17.3 Å². The normalized spacial score (nSPS) is 19.6. The summed E-state index contributed by atoms with van der Waals surface area (Å²) in [6, 6.07) is 3.16. The molecule has 2 aromatic rings. The number of alkyl halides is 2. The molecule has 0 aromatic carbocycles. The van der Waals surface area contributed by atoms with E-state index in [9.17, 15) is 13.6 Å². The molecular weight excluding hydrogens is 392 g/mol. The van der Waals surface area contributed by atoms with E-state index in [2.05, 4.69) is 21.8 Å². The van der Waals surface area contributed by atoms with Crippen LogP contribution < -0.4 is 9.47 Å². The third-order valence-corrected chi connectivity index (χ3v) is 5.47. The van der Waals surface area contributed by atoms with Gasteiger partial charge < -0.3 is 14.4 Å². The van der Waals surface area contributed by atoms with Gasteiger partial charge in [-0.3, -0.25) is 9.78 Å². The second-order valence-corrected chi connectivity index (χ2v) is 7.92. The smallest absolute Gasteiger partial charge is 0.252 e. The van der Waals surface area contributed by atoms with Crippen LogP contribution in [0.5, 0.6) is 11.6 Å². The minimum Gasteiger partial charge on any atom is -0.487 e. The quantitative estimate of drug-likeness (QED) is 0.723. The van der Waals surface area contributed by atoms with E-state index in [1.807, 2.05) is 0 Å². The number of carbonyl (C=O) groups excluding carboxylic acids is 1. The third kappa shape index (κ3) is 3.45. The van der Waals surface area contributed by atoms with E-state index in [1.165, 1.54) is 25.9 Å². The summed E-state index contributed by atoms with van der Waals surface area (Å²) in [6.45, 7) is 2.81. The Kier molecular flexibility index (Phi) is 5.06. The van der Waals surface area contributed by atoms with E-state index in [0.29, 0.717) is 34.7 Å². The molecule has 2 aliphatic rings. The molecule has 0 saturated carbocycles. The molecule has 2 atom stereocenters. The van der Waals surface area contributed by atoms with Gasteiger partial charge >= 0.3 is 0 Å². The Morgan fingerprint density at radius 2 is 2.10 bits per heavy atom. The van der Waals surface area contributed by atoms with Crippen molar-refractivity contribution in [1.29, 1.82) is 0 Å². The first kappa shape index (κ1) is 20.1. The van der Waals surface area contributed by atoms with Crippen LogP contribution >= 0.6 is 0 Å².